The van der Waals surface area contributed by atoms with E-state index < -0.39 is 11.3 Å². The van der Waals surface area contributed by atoms with Gasteiger partial charge in [-0.05, 0) is 30.7 Å². The van der Waals surface area contributed by atoms with Crippen molar-refractivity contribution >= 4 is 28.0 Å². The van der Waals surface area contributed by atoms with Gasteiger partial charge in [-0.1, -0.05) is 12.8 Å². The van der Waals surface area contributed by atoms with Crippen molar-refractivity contribution in [2.45, 2.75) is 38.5 Å². The van der Waals surface area contributed by atoms with Crippen molar-refractivity contribution in [2.75, 3.05) is 5.73 Å². The molecule has 0 aliphatic heterocycles. The molecule has 0 spiro atoms. The lowest BCUT2D eigenvalue weighted by Crippen LogP contribution is -2.36. The van der Waals surface area contributed by atoms with E-state index in [0.717, 1.165) is 30.6 Å². The van der Waals surface area contributed by atoms with E-state index in [1.807, 2.05) is 0 Å². The maximum atomic E-state index is 12.9. The SMILES string of the molecule is N#CCC1(CC2CC2)CCc2c(sc(N)c2C(N)=O)C1=O. The molecule has 0 aromatic carbocycles. The maximum absolute atomic E-state index is 12.9. The molecule has 1 saturated carbocycles. The van der Waals surface area contributed by atoms with Crippen molar-refractivity contribution in [1.29, 1.82) is 5.26 Å². The molecule has 110 valence electrons. The summed E-state index contributed by atoms with van der Waals surface area (Å²) in [5, 5.41) is 9.45. The first-order valence-corrected chi connectivity index (χ1v) is 7.93. The van der Waals surface area contributed by atoms with E-state index in [1.165, 1.54) is 0 Å². The molecule has 1 unspecified atom stereocenters. The number of fused-ring (bicyclic) bond motifs is 1. The smallest absolute Gasteiger partial charge is 0.251 e. The van der Waals surface area contributed by atoms with Gasteiger partial charge < -0.3 is 11.5 Å². The summed E-state index contributed by atoms with van der Waals surface area (Å²) in [6.45, 7) is 0. The number of carbonyl (C=O) groups excluding carboxylic acids is 2. The maximum Gasteiger partial charge on any atom is 0.251 e. The first-order valence-electron chi connectivity index (χ1n) is 7.11. The fourth-order valence-corrected chi connectivity index (χ4v) is 4.54. The van der Waals surface area contributed by atoms with Crippen LogP contribution in [0.2, 0.25) is 0 Å². The Labute approximate surface area is 126 Å². The van der Waals surface area contributed by atoms with Gasteiger partial charge in [-0.2, -0.15) is 5.26 Å². The molecular formula is C15H17N3O2S. The molecular weight excluding hydrogens is 286 g/mol. The Bertz CT molecular complexity index is 669. The van der Waals surface area contributed by atoms with E-state index >= 15 is 0 Å². The number of anilines is 1. The third-order valence-corrected chi connectivity index (χ3v) is 5.68. The van der Waals surface area contributed by atoms with Crippen LogP contribution in [0.4, 0.5) is 5.00 Å². The molecule has 1 aromatic heterocycles. The highest BCUT2D eigenvalue weighted by Crippen LogP contribution is 2.51. The summed E-state index contributed by atoms with van der Waals surface area (Å²) < 4.78 is 0. The summed E-state index contributed by atoms with van der Waals surface area (Å²) in [6, 6.07) is 2.18. The highest BCUT2D eigenvalue weighted by atomic mass is 32.1. The Kier molecular flexibility index (Phi) is 3.25. The first kappa shape index (κ1) is 14.1. The molecule has 0 bridgehead atoms. The summed E-state index contributed by atoms with van der Waals surface area (Å²) >= 11 is 1.15. The zero-order valence-electron chi connectivity index (χ0n) is 11.6. The second-order valence-corrected chi connectivity index (χ2v) is 7.16. The number of hydrogen-bond acceptors (Lipinski definition) is 5. The highest BCUT2D eigenvalue weighted by molar-refractivity contribution is 7.18. The molecule has 2 aliphatic rings. The average molecular weight is 303 g/mol. The van der Waals surface area contributed by atoms with E-state index in [2.05, 4.69) is 6.07 Å². The molecule has 1 amide bonds. The topological polar surface area (TPSA) is 110 Å². The fourth-order valence-electron chi connectivity index (χ4n) is 3.36. The zero-order valence-corrected chi connectivity index (χ0v) is 12.5. The van der Waals surface area contributed by atoms with Crippen LogP contribution in [0.15, 0.2) is 0 Å². The van der Waals surface area contributed by atoms with E-state index in [-0.39, 0.29) is 12.2 Å². The number of nitriles is 1. The first-order chi connectivity index (χ1) is 9.98. The summed E-state index contributed by atoms with van der Waals surface area (Å²) in [5.74, 6) is -0.0223. The second kappa shape index (κ2) is 4.85. The van der Waals surface area contributed by atoms with Crippen molar-refractivity contribution in [2.24, 2.45) is 17.1 Å². The number of hydrogen-bond donors (Lipinski definition) is 2. The second-order valence-electron chi connectivity index (χ2n) is 6.11. The quantitative estimate of drug-likeness (QED) is 0.888. The Morgan fingerprint density at radius 3 is 2.76 bits per heavy atom. The molecule has 3 rings (SSSR count). The molecule has 1 atom stereocenters. The molecule has 0 saturated heterocycles. The molecule has 1 heterocycles. The van der Waals surface area contributed by atoms with Crippen molar-refractivity contribution in [1.82, 2.24) is 0 Å². The number of nitrogens with two attached hydrogens (primary N) is 2. The minimum Gasteiger partial charge on any atom is -0.390 e. The van der Waals surface area contributed by atoms with Crippen LogP contribution in [0.5, 0.6) is 0 Å². The zero-order chi connectivity index (χ0) is 15.2. The van der Waals surface area contributed by atoms with Crippen molar-refractivity contribution in [3.8, 4) is 6.07 Å². The van der Waals surface area contributed by atoms with E-state index in [4.69, 9.17) is 16.7 Å². The predicted octanol–water partition coefficient (Wildman–Crippen LogP) is 2.26. The molecule has 2 aliphatic carbocycles. The van der Waals surface area contributed by atoms with Crippen LogP contribution in [0.1, 0.15) is 57.7 Å². The van der Waals surface area contributed by atoms with Gasteiger partial charge in [-0.15, -0.1) is 11.3 Å². The van der Waals surface area contributed by atoms with Gasteiger partial charge in [0, 0.05) is 11.8 Å². The normalized spacial score (nSPS) is 24.4. The van der Waals surface area contributed by atoms with Gasteiger partial charge in [0.2, 0.25) is 0 Å². The molecule has 5 nitrogen and oxygen atoms in total. The monoisotopic (exact) mass is 303 g/mol. The van der Waals surface area contributed by atoms with Gasteiger partial charge in [-0.25, -0.2) is 0 Å². The van der Waals surface area contributed by atoms with Crippen molar-refractivity contribution < 1.29 is 9.59 Å². The lowest BCUT2D eigenvalue weighted by molar-refractivity contribution is 0.0738. The third-order valence-electron chi connectivity index (χ3n) is 4.62. The molecule has 1 fully saturated rings. The number of amides is 1. The van der Waals surface area contributed by atoms with Crippen LogP contribution in [0.25, 0.3) is 0 Å². The Morgan fingerprint density at radius 2 is 2.19 bits per heavy atom. The van der Waals surface area contributed by atoms with E-state index in [9.17, 15) is 9.59 Å². The van der Waals surface area contributed by atoms with Crippen LogP contribution in [0.3, 0.4) is 0 Å². The van der Waals surface area contributed by atoms with Crippen LogP contribution in [-0.2, 0) is 6.42 Å². The fraction of sp³-hybridized carbons (Fsp3) is 0.533. The lowest BCUT2D eigenvalue weighted by Gasteiger charge is -2.34. The predicted molar refractivity (Wildman–Crippen MR) is 79.9 cm³/mol. The van der Waals surface area contributed by atoms with E-state index in [1.54, 1.807) is 0 Å². The van der Waals surface area contributed by atoms with E-state index in [0.29, 0.717) is 39.8 Å². The Hall–Kier alpha value is -1.87. The van der Waals surface area contributed by atoms with Crippen molar-refractivity contribution in [3.63, 3.8) is 0 Å². The number of ketones is 1. The Balaban J connectivity index is 2.03. The number of nitrogens with zero attached hydrogens (tertiary/aromatic N) is 1. The summed E-state index contributed by atoms with van der Waals surface area (Å²) in [7, 11) is 0. The van der Waals surface area contributed by atoms with Gasteiger partial charge in [-0.3, -0.25) is 9.59 Å². The minimum atomic E-state index is -0.588. The molecule has 4 N–H and O–H groups in total. The molecule has 6 heteroatoms. The van der Waals surface area contributed by atoms with Gasteiger partial charge in [0.1, 0.15) is 0 Å². The number of nitrogen functional groups attached to an aromatic ring is 1. The number of primary amides is 1. The molecule has 21 heavy (non-hydrogen) atoms. The van der Waals surface area contributed by atoms with Crippen LogP contribution in [-0.4, -0.2) is 11.7 Å². The highest BCUT2D eigenvalue weighted by Gasteiger charge is 2.47. The van der Waals surface area contributed by atoms with Gasteiger partial charge in [0.05, 0.1) is 21.5 Å². The largest absolute Gasteiger partial charge is 0.390 e. The lowest BCUT2D eigenvalue weighted by atomic mass is 9.68. The minimum absolute atomic E-state index is 0.0126. The van der Waals surface area contributed by atoms with Gasteiger partial charge in [0.25, 0.3) is 5.91 Å². The van der Waals surface area contributed by atoms with Crippen LogP contribution >= 0.6 is 11.3 Å². The number of Topliss-reactive ketones (excluding diaryl/α,β-unsaturated/α-hetero) is 1. The summed E-state index contributed by atoms with van der Waals surface area (Å²) in [5.41, 5.74) is 11.6. The number of rotatable bonds is 4. The molecule has 0 radical (unpaired) electrons. The van der Waals surface area contributed by atoms with Gasteiger partial charge >= 0.3 is 0 Å². The van der Waals surface area contributed by atoms with Crippen LogP contribution < -0.4 is 11.5 Å². The third kappa shape index (κ3) is 2.22. The van der Waals surface area contributed by atoms with Gasteiger partial charge in [0.15, 0.2) is 5.78 Å². The average Bonchev–Trinajstić information content (AvgIpc) is 3.15. The summed E-state index contributed by atoms with van der Waals surface area (Å²) in [6.07, 6.45) is 4.52. The summed E-state index contributed by atoms with van der Waals surface area (Å²) in [4.78, 5) is 25.0. The molecule has 1 aromatic rings. The number of thiophene rings is 1. The standard InChI is InChI=1S/C15H17N3O2S/c16-6-5-15(7-8-1-2-8)4-3-9-10(13(17)20)14(18)21-11(9)12(15)19/h8H,1-5,7,18H2,(H2,17,20). The Morgan fingerprint density at radius 1 is 1.48 bits per heavy atom. The van der Waals surface area contributed by atoms with Crippen LogP contribution in [0, 0.1) is 22.7 Å². The van der Waals surface area contributed by atoms with Crippen molar-refractivity contribution in [3.05, 3.63) is 16.0 Å². The number of carbonyl (C=O) groups is 2.